The van der Waals surface area contributed by atoms with E-state index >= 15 is 0 Å². The lowest BCUT2D eigenvalue weighted by Gasteiger charge is -2.31. The number of nitrogens with zero attached hydrogens (tertiary/aromatic N) is 2. The van der Waals surface area contributed by atoms with Gasteiger partial charge in [-0.2, -0.15) is 0 Å². The van der Waals surface area contributed by atoms with Crippen LogP contribution in [0.2, 0.25) is 0 Å². The van der Waals surface area contributed by atoms with Crippen molar-refractivity contribution in [2.45, 2.75) is 25.8 Å². The van der Waals surface area contributed by atoms with Crippen LogP contribution in [0.15, 0.2) is 61.6 Å². The maximum absolute atomic E-state index is 13.2. The zero-order valence-electron chi connectivity index (χ0n) is 13.2. The van der Waals surface area contributed by atoms with Crippen molar-refractivity contribution in [1.29, 1.82) is 0 Å². The summed E-state index contributed by atoms with van der Waals surface area (Å²) < 4.78 is 13.2. The van der Waals surface area contributed by atoms with Gasteiger partial charge in [-0.1, -0.05) is 32.1 Å². The Kier molecular flexibility index (Phi) is 4.42. The number of aromatic nitrogens is 2. The first-order chi connectivity index (χ1) is 11.2. The average molecular weight is 309 g/mol. The number of nitrogens with one attached hydrogen (secondary N) is 1. The highest BCUT2D eigenvalue weighted by atomic mass is 19.1. The third kappa shape index (κ3) is 3.11. The van der Waals surface area contributed by atoms with Crippen molar-refractivity contribution in [2.24, 2.45) is 0 Å². The fourth-order valence-electron chi connectivity index (χ4n) is 2.92. The molecule has 0 spiro atoms. The van der Waals surface area contributed by atoms with Crippen LogP contribution in [0.1, 0.15) is 31.4 Å². The van der Waals surface area contributed by atoms with Crippen molar-refractivity contribution >= 4 is 16.7 Å². The Morgan fingerprint density at radius 2 is 2.04 bits per heavy atom. The number of hydrogen-bond acceptors (Lipinski definition) is 2. The van der Waals surface area contributed by atoms with Crippen molar-refractivity contribution in [1.82, 2.24) is 9.97 Å². The molecule has 0 aliphatic heterocycles. The molecule has 0 fully saturated rings. The van der Waals surface area contributed by atoms with Crippen molar-refractivity contribution in [3.8, 4) is 0 Å². The number of anilines is 1. The van der Waals surface area contributed by atoms with Crippen LogP contribution in [0.25, 0.3) is 11.0 Å². The van der Waals surface area contributed by atoms with Gasteiger partial charge in [0.15, 0.2) is 0 Å². The molecule has 0 aliphatic rings. The van der Waals surface area contributed by atoms with E-state index in [1.807, 2.05) is 30.5 Å². The van der Waals surface area contributed by atoms with Crippen molar-refractivity contribution in [2.75, 3.05) is 4.90 Å². The smallest absolute Gasteiger partial charge is 0.123 e. The molecule has 2 aromatic carbocycles. The van der Waals surface area contributed by atoms with E-state index in [0.717, 1.165) is 35.1 Å². The van der Waals surface area contributed by atoms with E-state index in [0.29, 0.717) is 0 Å². The second-order valence-electron chi connectivity index (χ2n) is 5.55. The molecule has 0 saturated carbocycles. The molecule has 0 radical (unpaired) electrons. The van der Waals surface area contributed by atoms with E-state index in [4.69, 9.17) is 0 Å². The van der Waals surface area contributed by atoms with Crippen molar-refractivity contribution < 1.29 is 4.39 Å². The maximum atomic E-state index is 13.2. The molecule has 0 saturated heterocycles. The molecule has 3 rings (SSSR count). The first-order valence-electron chi connectivity index (χ1n) is 7.82. The van der Waals surface area contributed by atoms with Crippen LogP contribution in [0.3, 0.4) is 0 Å². The molecule has 3 nitrogen and oxygen atoms in total. The van der Waals surface area contributed by atoms with Crippen LogP contribution in [0.4, 0.5) is 10.1 Å². The van der Waals surface area contributed by atoms with E-state index in [1.54, 1.807) is 6.33 Å². The van der Waals surface area contributed by atoms with E-state index in [-0.39, 0.29) is 11.9 Å². The highest BCUT2D eigenvalue weighted by molar-refractivity contribution is 5.79. The molecule has 4 heteroatoms. The lowest BCUT2D eigenvalue weighted by Crippen LogP contribution is -2.22. The predicted molar refractivity (Wildman–Crippen MR) is 92.8 cm³/mol. The summed E-state index contributed by atoms with van der Waals surface area (Å²) in [6.07, 6.45) is 5.51. The lowest BCUT2D eigenvalue weighted by atomic mass is 10.00. The Bertz CT molecular complexity index is 792. The molecule has 1 atom stereocenters. The molecule has 3 aromatic rings. The highest BCUT2D eigenvalue weighted by Gasteiger charge is 2.18. The lowest BCUT2D eigenvalue weighted by molar-refractivity contribution is 0.606. The van der Waals surface area contributed by atoms with Gasteiger partial charge in [0, 0.05) is 5.69 Å². The third-order valence-electron chi connectivity index (χ3n) is 4.05. The number of imidazole rings is 1. The van der Waals surface area contributed by atoms with Crippen LogP contribution in [0.5, 0.6) is 0 Å². The van der Waals surface area contributed by atoms with Gasteiger partial charge in [0.05, 0.1) is 23.4 Å². The third-order valence-corrected chi connectivity index (χ3v) is 4.05. The minimum absolute atomic E-state index is 0.124. The SMILES string of the molecule is C=CN(c1ccc2nc[nH]c2c1)C(CCC)c1ccc(F)cc1. The molecule has 0 bridgehead atoms. The van der Waals surface area contributed by atoms with Crippen LogP contribution >= 0.6 is 0 Å². The fraction of sp³-hybridized carbons (Fsp3) is 0.211. The summed E-state index contributed by atoms with van der Waals surface area (Å²) in [6, 6.07) is 12.9. The second kappa shape index (κ2) is 6.65. The average Bonchev–Trinajstić information content (AvgIpc) is 3.03. The quantitative estimate of drug-likeness (QED) is 0.679. The van der Waals surface area contributed by atoms with Crippen LogP contribution in [0, 0.1) is 5.82 Å². The number of rotatable bonds is 6. The molecule has 1 aromatic heterocycles. The standard InChI is InChI=1S/C19H20FN3/c1-3-5-19(14-6-8-15(20)9-7-14)23(4-2)16-10-11-17-18(12-16)22-13-21-17/h4,6-13,19H,2-3,5H2,1H3,(H,21,22). The first kappa shape index (κ1) is 15.3. The molecule has 1 N–H and O–H groups in total. The van der Waals surface area contributed by atoms with Gasteiger partial charge in [-0.05, 0) is 48.5 Å². The predicted octanol–water partition coefficient (Wildman–Crippen LogP) is 5.19. The molecular weight excluding hydrogens is 289 g/mol. The van der Waals surface area contributed by atoms with Gasteiger partial charge in [0.25, 0.3) is 0 Å². The zero-order valence-corrected chi connectivity index (χ0v) is 13.2. The van der Waals surface area contributed by atoms with Gasteiger partial charge in [-0.3, -0.25) is 0 Å². The number of hydrogen-bond donors (Lipinski definition) is 1. The Morgan fingerprint density at radius 3 is 2.74 bits per heavy atom. The van der Waals surface area contributed by atoms with Gasteiger partial charge < -0.3 is 9.88 Å². The summed E-state index contributed by atoms with van der Waals surface area (Å²) in [6.45, 7) is 6.13. The minimum atomic E-state index is -0.215. The Balaban J connectivity index is 2.00. The molecule has 1 heterocycles. The van der Waals surface area contributed by atoms with E-state index in [2.05, 4.69) is 34.4 Å². The molecule has 23 heavy (non-hydrogen) atoms. The largest absolute Gasteiger partial charge is 0.345 e. The molecular formula is C19H20FN3. The number of halogens is 1. The topological polar surface area (TPSA) is 31.9 Å². The summed E-state index contributed by atoms with van der Waals surface area (Å²) in [5.74, 6) is -0.215. The van der Waals surface area contributed by atoms with Crippen LogP contribution in [-0.2, 0) is 0 Å². The number of H-pyrrole nitrogens is 1. The van der Waals surface area contributed by atoms with Gasteiger partial charge in [0.1, 0.15) is 5.82 Å². The normalized spacial score (nSPS) is 12.3. The molecule has 1 unspecified atom stereocenters. The summed E-state index contributed by atoms with van der Waals surface area (Å²) in [4.78, 5) is 9.52. The maximum Gasteiger partial charge on any atom is 0.123 e. The molecule has 118 valence electrons. The monoisotopic (exact) mass is 309 g/mol. The fourth-order valence-corrected chi connectivity index (χ4v) is 2.92. The van der Waals surface area contributed by atoms with Gasteiger partial charge in [0.2, 0.25) is 0 Å². The highest BCUT2D eigenvalue weighted by Crippen LogP contribution is 2.32. The van der Waals surface area contributed by atoms with Crippen LogP contribution < -0.4 is 4.90 Å². The summed E-state index contributed by atoms with van der Waals surface area (Å²) in [7, 11) is 0. The summed E-state index contributed by atoms with van der Waals surface area (Å²) in [5.41, 5.74) is 4.05. The van der Waals surface area contributed by atoms with Crippen molar-refractivity contribution in [3.05, 3.63) is 73.0 Å². The molecule has 0 aliphatic carbocycles. The Labute approximate surface area is 135 Å². The second-order valence-corrected chi connectivity index (χ2v) is 5.55. The number of fused-ring (bicyclic) bond motifs is 1. The van der Waals surface area contributed by atoms with Crippen LogP contribution in [-0.4, -0.2) is 9.97 Å². The summed E-state index contributed by atoms with van der Waals surface area (Å²) in [5, 5.41) is 0. The summed E-state index contributed by atoms with van der Waals surface area (Å²) >= 11 is 0. The van der Waals surface area contributed by atoms with E-state index in [1.165, 1.54) is 12.1 Å². The van der Waals surface area contributed by atoms with Gasteiger partial charge in [-0.25, -0.2) is 9.37 Å². The number of aromatic amines is 1. The van der Waals surface area contributed by atoms with E-state index in [9.17, 15) is 4.39 Å². The van der Waals surface area contributed by atoms with Crippen molar-refractivity contribution in [3.63, 3.8) is 0 Å². The Hall–Kier alpha value is -2.62. The van der Waals surface area contributed by atoms with Gasteiger partial charge >= 0.3 is 0 Å². The first-order valence-corrected chi connectivity index (χ1v) is 7.82. The zero-order chi connectivity index (χ0) is 16.2. The minimum Gasteiger partial charge on any atom is -0.345 e. The van der Waals surface area contributed by atoms with E-state index < -0.39 is 0 Å². The number of benzene rings is 2. The van der Waals surface area contributed by atoms with Gasteiger partial charge in [-0.15, -0.1) is 0 Å². The Morgan fingerprint density at radius 1 is 1.26 bits per heavy atom. The molecule has 0 amide bonds.